The summed E-state index contributed by atoms with van der Waals surface area (Å²) in [6.45, 7) is 26.0. The lowest BCUT2D eigenvalue weighted by molar-refractivity contribution is 0.590. The number of rotatable bonds is 3. The molecule has 67 heavy (non-hydrogen) atoms. The molecule has 3 aliphatic rings. The molecule has 1 aromatic heterocycles. The van der Waals surface area contributed by atoms with Gasteiger partial charge >= 0.3 is 0 Å². The molecule has 0 amide bonds. The third-order valence-electron chi connectivity index (χ3n) is 15.3. The molecule has 12 rings (SSSR count). The molecule has 3 heterocycles. The number of fused-ring (bicyclic) bond motifs is 10. The number of benzene rings is 8. The van der Waals surface area contributed by atoms with Crippen LogP contribution in [-0.4, -0.2) is 6.71 Å². The standard InChI is InChI=1S/C63H59BN2S/c1-60(2,3)39-25-31-53-51(33-39)64-52-34-40(61(4,5)6)26-32-54(52)66(43-29-30-46-45-17-12-14-21-49(45)63(10,11)50(46)37-43)56-36-41(62(7,8)9)35-55(58(56)64)65(53)42-27-23-38(24-28-42)44-19-16-20-48-47-18-13-15-22-57(47)67-59(44)48/h12-37H,1-11H3. The largest absolute Gasteiger partial charge is 0.311 e. The fraction of sp³-hybridized carbons (Fsp3) is 0.238. The Labute approximate surface area is 402 Å². The van der Waals surface area contributed by atoms with Crippen molar-refractivity contribution >= 4 is 88.7 Å². The third-order valence-corrected chi connectivity index (χ3v) is 16.5. The van der Waals surface area contributed by atoms with E-state index in [1.54, 1.807) is 0 Å². The van der Waals surface area contributed by atoms with E-state index in [-0.39, 0.29) is 28.4 Å². The molecule has 1 aliphatic carbocycles. The van der Waals surface area contributed by atoms with Crippen LogP contribution in [-0.2, 0) is 21.7 Å². The van der Waals surface area contributed by atoms with Gasteiger partial charge in [0.2, 0.25) is 0 Å². The van der Waals surface area contributed by atoms with Crippen molar-refractivity contribution in [2.45, 2.75) is 97.8 Å². The zero-order valence-corrected chi connectivity index (χ0v) is 41.7. The Morgan fingerprint density at radius 1 is 0.433 bits per heavy atom. The summed E-state index contributed by atoms with van der Waals surface area (Å²) in [7, 11) is 0. The van der Waals surface area contributed by atoms with Crippen LogP contribution in [0.15, 0.2) is 158 Å². The van der Waals surface area contributed by atoms with Crippen LogP contribution in [0.1, 0.15) is 104 Å². The van der Waals surface area contributed by atoms with Crippen LogP contribution in [0.4, 0.5) is 34.1 Å². The van der Waals surface area contributed by atoms with Crippen LogP contribution in [0, 0.1) is 0 Å². The summed E-state index contributed by atoms with van der Waals surface area (Å²) in [6, 6.07) is 61.1. The van der Waals surface area contributed by atoms with Gasteiger partial charge in [0.05, 0.1) is 0 Å². The average molecular weight is 887 g/mol. The number of nitrogens with zero attached hydrogens (tertiary/aromatic N) is 2. The lowest BCUT2D eigenvalue weighted by atomic mass is 9.33. The summed E-state index contributed by atoms with van der Waals surface area (Å²) in [5.41, 5.74) is 23.2. The molecule has 9 aromatic rings. The fourth-order valence-electron chi connectivity index (χ4n) is 11.5. The van der Waals surface area contributed by atoms with Gasteiger partial charge in [0, 0.05) is 59.7 Å². The fourth-order valence-corrected chi connectivity index (χ4v) is 12.8. The number of thiophene rings is 1. The lowest BCUT2D eigenvalue weighted by Gasteiger charge is -2.46. The van der Waals surface area contributed by atoms with Crippen molar-refractivity contribution in [2.24, 2.45) is 0 Å². The van der Waals surface area contributed by atoms with E-state index in [0.29, 0.717) is 0 Å². The maximum absolute atomic E-state index is 2.62. The molecule has 0 saturated carbocycles. The Morgan fingerprint density at radius 2 is 0.970 bits per heavy atom. The second-order valence-corrected chi connectivity index (χ2v) is 24.1. The molecule has 2 aliphatic heterocycles. The molecule has 0 spiro atoms. The average Bonchev–Trinajstić information content (AvgIpc) is 3.79. The topological polar surface area (TPSA) is 6.48 Å². The molecule has 0 bridgehead atoms. The molecular formula is C63H59BN2S. The predicted octanol–water partition coefficient (Wildman–Crippen LogP) is 16.0. The zero-order valence-electron chi connectivity index (χ0n) is 40.9. The van der Waals surface area contributed by atoms with Gasteiger partial charge in [-0.15, -0.1) is 11.3 Å². The van der Waals surface area contributed by atoms with E-state index in [1.165, 1.54) is 121 Å². The Balaban J connectivity index is 1.12. The molecule has 0 N–H and O–H groups in total. The first kappa shape index (κ1) is 42.0. The molecule has 2 nitrogen and oxygen atoms in total. The van der Waals surface area contributed by atoms with Crippen LogP contribution < -0.4 is 26.2 Å². The highest BCUT2D eigenvalue weighted by molar-refractivity contribution is 7.26. The Morgan fingerprint density at radius 3 is 1.61 bits per heavy atom. The Kier molecular flexibility index (Phi) is 8.99. The van der Waals surface area contributed by atoms with Gasteiger partial charge in [-0.1, -0.05) is 179 Å². The highest BCUT2D eigenvalue weighted by Crippen LogP contribution is 2.52. The summed E-state index contributed by atoms with van der Waals surface area (Å²) >= 11 is 1.90. The van der Waals surface area contributed by atoms with Crippen molar-refractivity contribution in [3.63, 3.8) is 0 Å². The first-order valence-electron chi connectivity index (χ1n) is 24.2. The third kappa shape index (κ3) is 6.35. The highest BCUT2D eigenvalue weighted by Gasteiger charge is 2.45. The van der Waals surface area contributed by atoms with Crippen LogP contribution in [0.5, 0.6) is 0 Å². The number of hydrogen-bond donors (Lipinski definition) is 0. The normalized spacial score (nSPS) is 14.8. The van der Waals surface area contributed by atoms with E-state index in [1.807, 2.05) is 11.3 Å². The van der Waals surface area contributed by atoms with Gasteiger partial charge in [0.15, 0.2) is 0 Å². The predicted molar refractivity (Wildman–Crippen MR) is 292 cm³/mol. The van der Waals surface area contributed by atoms with Gasteiger partial charge in [-0.3, -0.25) is 0 Å². The Hall–Kier alpha value is -6.36. The molecule has 8 aromatic carbocycles. The van der Waals surface area contributed by atoms with Crippen molar-refractivity contribution < 1.29 is 0 Å². The minimum atomic E-state index is -0.125. The van der Waals surface area contributed by atoms with E-state index >= 15 is 0 Å². The molecule has 0 saturated heterocycles. The molecule has 0 fully saturated rings. The van der Waals surface area contributed by atoms with Gasteiger partial charge < -0.3 is 9.80 Å². The summed E-state index contributed by atoms with van der Waals surface area (Å²) < 4.78 is 2.68. The van der Waals surface area contributed by atoms with Gasteiger partial charge in [0.25, 0.3) is 6.71 Å². The van der Waals surface area contributed by atoms with Crippen LogP contribution >= 0.6 is 11.3 Å². The van der Waals surface area contributed by atoms with Crippen molar-refractivity contribution in [3.05, 3.63) is 186 Å². The van der Waals surface area contributed by atoms with E-state index in [4.69, 9.17) is 0 Å². The second kappa shape index (κ2) is 14.3. The molecular weight excluding hydrogens is 828 g/mol. The van der Waals surface area contributed by atoms with Gasteiger partial charge in [0.1, 0.15) is 0 Å². The first-order chi connectivity index (χ1) is 31.9. The maximum atomic E-state index is 2.62. The van der Waals surface area contributed by atoms with Crippen LogP contribution in [0.25, 0.3) is 42.4 Å². The Bertz CT molecular complexity index is 3510. The minimum Gasteiger partial charge on any atom is -0.311 e. The van der Waals surface area contributed by atoms with Gasteiger partial charge in [-0.25, -0.2) is 0 Å². The maximum Gasteiger partial charge on any atom is 0.252 e. The smallest absolute Gasteiger partial charge is 0.252 e. The minimum absolute atomic E-state index is 0.0267. The van der Waals surface area contributed by atoms with E-state index in [2.05, 4.69) is 244 Å². The summed E-state index contributed by atoms with van der Waals surface area (Å²) in [5, 5.41) is 2.66. The highest BCUT2D eigenvalue weighted by atomic mass is 32.1. The zero-order chi connectivity index (χ0) is 46.5. The summed E-state index contributed by atoms with van der Waals surface area (Å²) in [6.07, 6.45) is 0. The van der Waals surface area contributed by atoms with Crippen molar-refractivity contribution in [1.29, 1.82) is 0 Å². The van der Waals surface area contributed by atoms with Crippen molar-refractivity contribution in [1.82, 2.24) is 0 Å². The van der Waals surface area contributed by atoms with Crippen molar-refractivity contribution in [3.8, 4) is 22.3 Å². The van der Waals surface area contributed by atoms with Gasteiger partial charge in [-0.2, -0.15) is 0 Å². The van der Waals surface area contributed by atoms with Gasteiger partial charge in [-0.05, 0) is 137 Å². The van der Waals surface area contributed by atoms with E-state index < -0.39 is 0 Å². The van der Waals surface area contributed by atoms with Crippen LogP contribution in [0.2, 0.25) is 0 Å². The summed E-state index contributed by atoms with van der Waals surface area (Å²) in [4.78, 5) is 5.21. The van der Waals surface area contributed by atoms with Crippen LogP contribution in [0.3, 0.4) is 0 Å². The van der Waals surface area contributed by atoms with Crippen molar-refractivity contribution in [2.75, 3.05) is 9.80 Å². The van der Waals surface area contributed by atoms with E-state index in [9.17, 15) is 0 Å². The SMILES string of the molecule is CC(C)(C)c1ccc2c(c1)B1c3cc(C(C)(C)C)ccc3N(c3ccc4c(c3)C(C)(C)c3ccccc3-4)c3cc(C(C)(C)C)cc(c31)N2c1ccc(-c2cccc3c2sc2ccccc23)cc1. The quantitative estimate of drug-likeness (QED) is 0.163. The molecule has 0 atom stereocenters. The van der Waals surface area contributed by atoms with E-state index in [0.717, 1.165) is 0 Å². The molecule has 4 heteroatoms. The number of anilines is 6. The lowest BCUT2D eigenvalue weighted by Crippen LogP contribution is -2.61. The second-order valence-electron chi connectivity index (χ2n) is 23.1. The molecule has 330 valence electrons. The number of hydrogen-bond acceptors (Lipinski definition) is 3. The summed E-state index contributed by atoms with van der Waals surface area (Å²) in [5.74, 6) is 0. The first-order valence-corrected chi connectivity index (χ1v) is 25.0. The monoisotopic (exact) mass is 886 g/mol. The molecule has 0 radical (unpaired) electrons. The molecule has 0 unspecified atom stereocenters.